The Bertz CT molecular complexity index is 854. The van der Waals surface area contributed by atoms with Gasteiger partial charge in [-0.25, -0.2) is 9.59 Å². The van der Waals surface area contributed by atoms with Crippen LogP contribution in [-0.4, -0.2) is 63.9 Å². The minimum absolute atomic E-state index is 0.127. The molecule has 1 heterocycles. The van der Waals surface area contributed by atoms with E-state index in [-0.39, 0.29) is 24.0 Å². The summed E-state index contributed by atoms with van der Waals surface area (Å²) in [4.78, 5) is 50.4. The van der Waals surface area contributed by atoms with Crippen LogP contribution in [0, 0.1) is 17.8 Å². The Hall–Kier alpha value is -2.52. The lowest BCUT2D eigenvalue weighted by Crippen LogP contribution is -2.59. The summed E-state index contributed by atoms with van der Waals surface area (Å²) < 4.78 is 16.4. The van der Waals surface area contributed by atoms with Crippen molar-refractivity contribution in [1.29, 1.82) is 0 Å². The van der Waals surface area contributed by atoms with Crippen molar-refractivity contribution in [1.82, 2.24) is 0 Å². The molecule has 9 heteroatoms. The number of hydrogen-bond acceptors (Lipinski definition) is 9. The zero-order chi connectivity index (χ0) is 25.2. The van der Waals surface area contributed by atoms with Gasteiger partial charge in [-0.2, -0.15) is 0 Å². The molecule has 0 aromatic heterocycles. The fraction of sp³-hybridized carbons (Fsp3) is 0.667. The van der Waals surface area contributed by atoms with E-state index in [4.69, 9.17) is 14.2 Å². The minimum atomic E-state index is -2.21. The third-order valence-corrected chi connectivity index (χ3v) is 6.48. The first-order valence-corrected chi connectivity index (χ1v) is 11.1. The van der Waals surface area contributed by atoms with Crippen molar-refractivity contribution in [2.45, 2.75) is 84.4 Å². The number of carbonyl (C=O) groups is 4. The van der Waals surface area contributed by atoms with E-state index in [9.17, 15) is 29.4 Å². The van der Waals surface area contributed by atoms with Gasteiger partial charge >= 0.3 is 17.9 Å². The molecule has 0 spiro atoms. The molecule has 0 radical (unpaired) electrons. The number of aliphatic hydroxyl groups is 2. The van der Waals surface area contributed by atoms with E-state index in [0.717, 1.165) is 0 Å². The van der Waals surface area contributed by atoms with Crippen molar-refractivity contribution in [2.24, 2.45) is 17.8 Å². The van der Waals surface area contributed by atoms with E-state index < -0.39 is 71.5 Å². The van der Waals surface area contributed by atoms with Gasteiger partial charge in [0.15, 0.2) is 23.6 Å². The predicted molar refractivity (Wildman–Crippen MR) is 117 cm³/mol. The zero-order valence-electron chi connectivity index (χ0n) is 20.0. The molecule has 0 amide bonds. The third-order valence-electron chi connectivity index (χ3n) is 6.48. The quantitative estimate of drug-likeness (QED) is 0.360. The summed E-state index contributed by atoms with van der Waals surface area (Å²) in [7, 11) is 0. The molecule has 2 fully saturated rings. The highest BCUT2D eigenvalue weighted by molar-refractivity contribution is 5.93. The summed E-state index contributed by atoms with van der Waals surface area (Å²) in [6.07, 6.45) is -4.05. The lowest BCUT2D eigenvalue weighted by Gasteiger charge is -2.40. The highest BCUT2D eigenvalue weighted by Gasteiger charge is 2.58. The van der Waals surface area contributed by atoms with Crippen LogP contribution in [0.25, 0.3) is 0 Å². The highest BCUT2D eigenvalue weighted by atomic mass is 16.6. The molecule has 7 atom stereocenters. The van der Waals surface area contributed by atoms with Crippen LogP contribution in [0.1, 0.15) is 54.4 Å². The molecule has 9 nitrogen and oxygen atoms in total. The third kappa shape index (κ3) is 5.35. The van der Waals surface area contributed by atoms with Crippen LogP contribution in [-0.2, 0) is 33.4 Å². The Labute approximate surface area is 193 Å². The van der Waals surface area contributed by atoms with Gasteiger partial charge in [0.05, 0.1) is 11.8 Å². The Morgan fingerprint density at radius 1 is 1.27 bits per heavy atom. The van der Waals surface area contributed by atoms with Crippen LogP contribution >= 0.6 is 0 Å². The van der Waals surface area contributed by atoms with E-state index >= 15 is 0 Å². The van der Waals surface area contributed by atoms with Crippen LogP contribution in [0.3, 0.4) is 0 Å². The maximum atomic E-state index is 13.0. The molecular weight excluding hydrogens is 432 g/mol. The van der Waals surface area contributed by atoms with Crippen LogP contribution in [0.15, 0.2) is 23.8 Å². The fourth-order valence-corrected chi connectivity index (χ4v) is 4.02. The van der Waals surface area contributed by atoms with Gasteiger partial charge in [0.1, 0.15) is 12.2 Å². The number of hydrogen-bond donors (Lipinski definition) is 2. The number of ether oxygens (including phenoxy) is 3. The number of fused-ring (bicyclic) bond motifs is 1. The molecule has 184 valence electrons. The van der Waals surface area contributed by atoms with Crippen molar-refractivity contribution in [2.75, 3.05) is 0 Å². The number of rotatable bonds is 4. The van der Waals surface area contributed by atoms with Crippen LogP contribution in [0.2, 0.25) is 0 Å². The van der Waals surface area contributed by atoms with Crippen molar-refractivity contribution in [3.63, 3.8) is 0 Å². The number of aliphatic hydroxyl groups excluding tert-OH is 1. The summed E-state index contributed by atoms with van der Waals surface area (Å²) in [5.41, 5.74) is -2.12. The molecule has 0 aromatic rings. The number of carbonyl (C=O) groups excluding carboxylic acids is 4. The Morgan fingerprint density at radius 3 is 2.42 bits per heavy atom. The summed E-state index contributed by atoms with van der Waals surface area (Å²) in [6, 6.07) is 0. The molecule has 1 aliphatic carbocycles. The summed E-state index contributed by atoms with van der Waals surface area (Å²) in [5.74, 6) is -5.02. The molecular formula is C24H34O9. The predicted octanol–water partition coefficient (Wildman–Crippen LogP) is 1.64. The largest absolute Gasteiger partial charge is 0.459 e. The molecule has 0 bridgehead atoms. The van der Waals surface area contributed by atoms with Gasteiger partial charge in [-0.15, -0.1) is 0 Å². The van der Waals surface area contributed by atoms with Gasteiger partial charge in [-0.05, 0) is 33.1 Å². The van der Waals surface area contributed by atoms with E-state index in [0.29, 0.717) is 0 Å². The van der Waals surface area contributed by atoms with E-state index in [1.54, 1.807) is 27.7 Å². The molecule has 1 aliphatic heterocycles. The van der Waals surface area contributed by atoms with Crippen molar-refractivity contribution < 1.29 is 43.6 Å². The average molecular weight is 467 g/mol. The molecule has 0 unspecified atom stereocenters. The molecule has 1 saturated carbocycles. The molecule has 2 rings (SSSR count). The first-order chi connectivity index (χ1) is 15.2. The summed E-state index contributed by atoms with van der Waals surface area (Å²) >= 11 is 0. The first-order valence-electron chi connectivity index (χ1n) is 11.1. The van der Waals surface area contributed by atoms with Gasteiger partial charge in [-0.1, -0.05) is 33.4 Å². The van der Waals surface area contributed by atoms with E-state index in [1.165, 1.54) is 19.9 Å². The average Bonchev–Trinajstić information content (AvgIpc) is 3.05. The fourth-order valence-electron chi connectivity index (χ4n) is 4.02. The smallest absolute Gasteiger partial charge is 0.334 e. The lowest BCUT2D eigenvalue weighted by molar-refractivity contribution is -0.195. The number of esters is 3. The maximum absolute atomic E-state index is 13.0. The highest BCUT2D eigenvalue weighted by Crippen LogP contribution is 2.41. The van der Waals surface area contributed by atoms with Gasteiger partial charge in [0, 0.05) is 17.6 Å². The van der Waals surface area contributed by atoms with Gasteiger partial charge in [-0.3, -0.25) is 9.59 Å². The minimum Gasteiger partial charge on any atom is -0.459 e. The number of ketones is 1. The van der Waals surface area contributed by atoms with Gasteiger partial charge < -0.3 is 24.4 Å². The molecule has 2 aliphatic rings. The molecule has 2 N–H and O–H groups in total. The Balaban J connectivity index is 2.59. The first kappa shape index (κ1) is 26.7. The Morgan fingerprint density at radius 2 is 1.88 bits per heavy atom. The SMILES string of the molecule is C=C1C(=O)O[C@H]2[C@H]1[C@@H](O)[C@H](OC(=O)C(C)C)[C@H](C)CCC(=O)[C@](C)(O)[C@@H]2OC(=O)/C(C)=C\C. The second kappa shape index (κ2) is 10.2. The van der Waals surface area contributed by atoms with E-state index in [2.05, 4.69) is 6.58 Å². The topological polar surface area (TPSA) is 136 Å². The molecule has 1 saturated heterocycles. The summed E-state index contributed by atoms with van der Waals surface area (Å²) in [6.45, 7) is 13.0. The maximum Gasteiger partial charge on any atom is 0.334 e. The van der Waals surface area contributed by atoms with Crippen LogP contribution in [0.5, 0.6) is 0 Å². The van der Waals surface area contributed by atoms with Gasteiger partial charge in [0.25, 0.3) is 0 Å². The normalized spacial score (nSPS) is 35.7. The summed E-state index contributed by atoms with van der Waals surface area (Å²) in [5, 5.41) is 22.5. The van der Waals surface area contributed by atoms with Crippen molar-refractivity contribution in [3.8, 4) is 0 Å². The second-order valence-electron chi connectivity index (χ2n) is 9.35. The van der Waals surface area contributed by atoms with E-state index in [1.807, 2.05) is 0 Å². The van der Waals surface area contributed by atoms with Crippen molar-refractivity contribution in [3.05, 3.63) is 23.8 Å². The zero-order valence-corrected chi connectivity index (χ0v) is 20.0. The van der Waals surface area contributed by atoms with Crippen LogP contribution < -0.4 is 0 Å². The molecule has 33 heavy (non-hydrogen) atoms. The number of Topliss-reactive ketones (excluding diaryl/α,β-unsaturated/α-hetero) is 1. The van der Waals surface area contributed by atoms with Crippen LogP contribution in [0.4, 0.5) is 0 Å². The monoisotopic (exact) mass is 466 g/mol. The standard InChI is InChI=1S/C24H34O9/c1-8-12(4)22(28)33-20-19-16(14(6)23(29)32-19)17(26)18(31-21(27)11(2)3)13(5)9-10-15(25)24(20,7)30/h8,11,13,16-20,26,30H,6,9-10H2,1-5,7H3/b12-8-/t13-,16-,17-,18-,19+,20-,24+/m1/s1. The lowest BCUT2D eigenvalue weighted by atomic mass is 9.75. The molecule has 0 aromatic carbocycles. The van der Waals surface area contributed by atoms with Crippen molar-refractivity contribution >= 4 is 23.7 Å². The number of allylic oxidation sites excluding steroid dienone is 1. The Kier molecular flexibility index (Phi) is 8.24. The van der Waals surface area contributed by atoms with Gasteiger partial charge in [0.2, 0.25) is 0 Å². The second-order valence-corrected chi connectivity index (χ2v) is 9.35.